The predicted molar refractivity (Wildman–Crippen MR) is 96.0 cm³/mol. The fourth-order valence-corrected chi connectivity index (χ4v) is 5.14. The summed E-state index contributed by atoms with van der Waals surface area (Å²) in [5, 5.41) is 13.2. The van der Waals surface area contributed by atoms with Crippen molar-refractivity contribution in [3.63, 3.8) is 0 Å². The maximum atomic E-state index is 12.5. The number of rotatable bonds is 8. The van der Waals surface area contributed by atoms with Crippen LogP contribution in [0.5, 0.6) is 0 Å². The molecule has 0 aliphatic rings. The molecule has 0 aliphatic carbocycles. The van der Waals surface area contributed by atoms with E-state index in [2.05, 4.69) is 13.5 Å². The second kappa shape index (κ2) is 7.66. The Hall–Kier alpha value is -1.39. The summed E-state index contributed by atoms with van der Waals surface area (Å²) in [6.45, 7) is 0.383. The van der Waals surface area contributed by atoms with Crippen LogP contribution in [0.2, 0.25) is 0 Å². The van der Waals surface area contributed by atoms with Crippen molar-refractivity contribution < 1.29 is 13.5 Å². The molecule has 0 spiro atoms. The molecule has 0 amide bonds. The number of benzene rings is 1. The van der Waals surface area contributed by atoms with E-state index in [4.69, 9.17) is 0 Å². The number of aromatic nitrogens is 2. The molecule has 3 rings (SSSR count). The van der Waals surface area contributed by atoms with Crippen molar-refractivity contribution in [1.82, 2.24) is 13.5 Å². The standard InChI is InChI=1S/C15H17N3O3S3/c19-8-5-11(12-6-9-22-10-12)4-7-16-24(20,21)14-3-1-2-13-15(14)18-23-17-13/h1-3,6,9-11,16,19H,4-5,7-8H2/t11-/m1/s1. The van der Waals surface area contributed by atoms with E-state index >= 15 is 0 Å². The molecule has 0 saturated carbocycles. The van der Waals surface area contributed by atoms with Gasteiger partial charge in [-0.15, -0.1) is 0 Å². The molecule has 0 saturated heterocycles. The molecular formula is C15H17N3O3S3. The van der Waals surface area contributed by atoms with Gasteiger partial charge in [0.15, 0.2) is 0 Å². The third-order valence-electron chi connectivity index (χ3n) is 3.82. The molecule has 2 heterocycles. The Bertz CT molecular complexity index is 891. The minimum atomic E-state index is -3.64. The summed E-state index contributed by atoms with van der Waals surface area (Å²) >= 11 is 2.60. The molecular weight excluding hydrogens is 366 g/mol. The minimum absolute atomic E-state index is 0.0804. The first-order valence-corrected chi connectivity index (χ1v) is 10.6. The number of aliphatic hydroxyl groups excluding tert-OH is 1. The Labute approximate surface area is 148 Å². The van der Waals surface area contributed by atoms with Crippen LogP contribution in [0.1, 0.15) is 24.3 Å². The topological polar surface area (TPSA) is 92.2 Å². The quantitative estimate of drug-likeness (QED) is 0.624. The van der Waals surface area contributed by atoms with Crippen LogP contribution < -0.4 is 4.72 Å². The van der Waals surface area contributed by atoms with E-state index in [1.54, 1.807) is 23.5 Å². The van der Waals surface area contributed by atoms with Crippen molar-refractivity contribution in [3.8, 4) is 0 Å². The molecule has 24 heavy (non-hydrogen) atoms. The average molecular weight is 384 g/mol. The zero-order valence-electron chi connectivity index (χ0n) is 12.8. The lowest BCUT2D eigenvalue weighted by atomic mass is 9.95. The summed E-state index contributed by atoms with van der Waals surface area (Å²) in [6.07, 6.45) is 1.24. The summed E-state index contributed by atoms with van der Waals surface area (Å²) in [6, 6.07) is 6.96. The Morgan fingerprint density at radius 1 is 1.21 bits per heavy atom. The van der Waals surface area contributed by atoms with Gasteiger partial charge >= 0.3 is 0 Å². The smallest absolute Gasteiger partial charge is 0.242 e. The molecule has 128 valence electrons. The maximum absolute atomic E-state index is 12.5. The number of nitrogens with zero attached hydrogens (tertiary/aromatic N) is 2. The molecule has 6 nitrogen and oxygen atoms in total. The van der Waals surface area contributed by atoms with Gasteiger partial charge < -0.3 is 5.11 Å². The van der Waals surface area contributed by atoms with Crippen LogP contribution in [0.4, 0.5) is 0 Å². The summed E-state index contributed by atoms with van der Waals surface area (Å²) in [4.78, 5) is 0.156. The lowest BCUT2D eigenvalue weighted by molar-refractivity contribution is 0.273. The van der Waals surface area contributed by atoms with Gasteiger partial charge in [-0.25, -0.2) is 13.1 Å². The summed E-state index contributed by atoms with van der Waals surface area (Å²) < 4.78 is 35.9. The summed E-state index contributed by atoms with van der Waals surface area (Å²) in [5.74, 6) is 0.140. The summed E-state index contributed by atoms with van der Waals surface area (Å²) in [5.41, 5.74) is 2.12. The molecule has 0 fully saturated rings. The number of thiophene rings is 1. The van der Waals surface area contributed by atoms with Gasteiger partial charge in [-0.05, 0) is 53.3 Å². The number of hydrogen-bond donors (Lipinski definition) is 2. The second-order valence-electron chi connectivity index (χ2n) is 5.34. The van der Waals surface area contributed by atoms with E-state index in [1.807, 2.05) is 16.8 Å². The SMILES string of the molecule is O=S(=O)(NCC[C@H](CCO)c1ccsc1)c1cccc2nsnc12. The lowest BCUT2D eigenvalue weighted by Gasteiger charge is -2.15. The van der Waals surface area contributed by atoms with Crippen LogP contribution in [-0.4, -0.2) is 35.4 Å². The van der Waals surface area contributed by atoms with Gasteiger partial charge in [0.25, 0.3) is 0 Å². The van der Waals surface area contributed by atoms with Gasteiger partial charge in [-0.3, -0.25) is 0 Å². The van der Waals surface area contributed by atoms with Gasteiger partial charge in [0.05, 0.1) is 11.7 Å². The fourth-order valence-electron chi connectivity index (χ4n) is 2.58. The van der Waals surface area contributed by atoms with Crippen LogP contribution in [0.25, 0.3) is 11.0 Å². The van der Waals surface area contributed by atoms with Crippen LogP contribution >= 0.6 is 23.1 Å². The van der Waals surface area contributed by atoms with Crippen LogP contribution in [0, 0.1) is 0 Å². The Balaban J connectivity index is 1.70. The molecule has 9 heteroatoms. The zero-order chi connectivity index (χ0) is 17.0. The highest BCUT2D eigenvalue weighted by atomic mass is 32.2. The maximum Gasteiger partial charge on any atom is 0.242 e. The van der Waals surface area contributed by atoms with Gasteiger partial charge in [0, 0.05) is 13.2 Å². The number of hydrogen-bond acceptors (Lipinski definition) is 7. The second-order valence-corrected chi connectivity index (χ2v) is 8.38. The van der Waals surface area contributed by atoms with E-state index in [0.717, 1.165) is 17.3 Å². The van der Waals surface area contributed by atoms with E-state index < -0.39 is 10.0 Å². The highest BCUT2D eigenvalue weighted by Crippen LogP contribution is 2.25. The zero-order valence-corrected chi connectivity index (χ0v) is 15.2. The lowest BCUT2D eigenvalue weighted by Crippen LogP contribution is -2.26. The third-order valence-corrected chi connectivity index (χ3v) is 6.55. The Kier molecular flexibility index (Phi) is 5.57. The molecule has 2 aromatic heterocycles. The number of fused-ring (bicyclic) bond motifs is 1. The predicted octanol–water partition coefficient (Wildman–Crippen LogP) is 2.59. The molecule has 1 atom stereocenters. The van der Waals surface area contributed by atoms with Gasteiger partial charge in [0.1, 0.15) is 15.9 Å². The van der Waals surface area contributed by atoms with E-state index in [9.17, 15) is 13.5 Å². The molecule has 0 unspecified atom stereocenters. The highest BCUT2D eigenvalue weighted by Gasteiger charge is 2.20. The first kappa shape index (κ1) is 17.4. The van der Waals surface area contributed by atoms with Crippen molar-refractivity contribution >= 4 is 44.1 Å². The Morgan fingerprint density at radius 3 is 2.83 bits per heavy atom. The van der Waals surface area contributed by atoms with Gasteiger partial charge in [-0.1, -0.05) is 6.07 Å². The highest BCUT2D eigenvalue weighted by molar-refractivity contribution is 7.89. The van der Waals surface area contributed by atoms with E-state index in [0.29, 0.717) is 30.4 Å². The molecule has 3 aromatic rings. The number of nitrogens with one attached hydrogen (secondary N) is 1. The molecule has 0 bridgehead atoms. The molecule has 0 radical (unpaired) electrons. The first-order chi connectivity index (χ1) is 11.6. The molecule has 2 N–H and O–H groups in total. The number of sulfonamides is 1. The van der Waals surface area contributed by atoms with Crippen LogP contribution in [-0.2, 0) is 10.0 Å². The monoisotopic (exact) mass is 383 g/mol. The van der Waals surface area contributed by atoms with Crippen molar-refractivity contribution in [2.75, 3.05) is 13.2 Å². The van der Waals surface area contributed by atoms with Crippen molar-refractivity contribution in [1.29, 1.82) is 0 Å². The van der Waals surface area contributed by atoms with Crippen LogP contribution in [0.15, 0.2) is 39.9 Å². The van der Waals surface area contributed by atoms with Gasteiger partial charge in [0.2, 0.25) is 10.0 Å². The van der Waals surface area contributed by atoms with Crippen LogP contribution in [0.3, 0.4) is 0 Å². The third kappa shape index (κ3) is 3.81. The Morgan fingerprint density at radius 2 is 2.08 bits per heavy atom. The molecule has 1 aromatic carbocycles. The molecule has 0 aliphatic heterocycles. The van der Waals surface area contributed by atoms with Crippen molar-refractivity contribution in [3.05, 3.63) is 40.6 Å². The normalized spacial score (nSPS) is 13.4. The average Bonchev–Trinajstić information content (AvgIpc) is 3.24. The van der Waals surface area contributed by atoms with Crippen molar-refractivity contribution in [2.45, 2.75) is 23.7 Å². The number of aliphatic hydroxyl groups is 1. The summed E-state index contributed by atoms with van der Waals surface area (Å²) in [7, 11) is -3.64. The van der Waals surface area contributed by atoms with E-state index in [1.165, 1.54) is 6.07 Å². The van der Waals surface area contributed by atoms with E-state index in [-0.39, 0.29) is 17.4 Å². The van der Waals surface area contributed by atoms with Crippen molar-refractivity contribution in [2.24, 2.45) is 0 Å². The first-order valence-electron chi connectivity index (χ1n) is 7.46. The fraction of sp³-hybridized carbons (Fsp3) is 0.333. The largest absolute Gasteiger partial charge is 0.396 e. The van der Waals surface area contributed by atoms with Gasteiger partial charge in [-0.2, -0.15) is 20.1 Å². The minimum Gasteiger partial charge on any atom is -0.396 e.